The van der Waals surface area contributed by atoms with Crippen LogP contribution < -0.4 is 14.8 Å². The Bertz CT molecular complexity index is 431. The lowest BCUT2D eigenvalue weighted by atomic mass is 10.0. The van der Waals surface area contributed by atoms with Crippen molar-refractivity contribution in [1.82, 2.24) is 5.32 Å². The van der Waals surface area contributed by atoms with E-state index in [1.807, 2.05) is 13.0 Å². The first kappa shape index (κ1) is 13.6. The molecule has 1 N–H and O–H groups in total. The van der Waals surface area contributed by atoms with Crippen molar-refractivity contribution in [2.24, 2.45) is 0 Å². The van der Waals surface area contributed by atoms with Crippen molar-refractivity contribution >= 4 is 15.9 Å². The Balaban J connectivity index is 2.47. The molecule has 100 valence electrons. The fraction of sp³-hybridized carbons (Fsp3) is 0.538. The van der Waals surface area contributed by atoms with Crippen LogP contribution >= 0.6 is 15.9 Å². The van der Waals surface area contributed by atoms with Crippen LogP contribution in [0.15, 0.2) is 10.5 Å². The number of methoxy groups -OCH3 is 2. The molecule has 1 fully saturated rings. The van der Waals surface area contributed by atoms with Gasteiger partial charge in [-0.15, -0.1) is 0 Å². The molecule has 1 saturated heterocycles. The van der Waals surface area contributed by atoms with Gasteiger partial charge < -0.3 is 19.5 Å². The minimum Gasteiger partial charge on any atom is -0.493 e. The smallest absolute Gasteiger partial charge is 0.166 e. The second-order valence-electron chi connectivity index (χ2n) is 4.20. The molecule has 0 aliphatic carbocycles. The molecule has 18 heavy (non-hydrogen) atoms. The van der Waals surface area contributed by atoms with Crippen molar-refractivity contribution in [3.05, 3.63) is 21.7 Å². The molecule has 0 spiro atoms. The molecule has 0 saturated carbocycles. The highest BCUT2D eigenvalue weighted by molar-refractivity contribution is 9.10. The Labute approximate surface area is 116 Å². The number of hydrogen-bond donors (Lipinski definition) is 1. The molecular weight excluding hydrogens is 298 g/mol. The lowest BCUT2D eigenvalue weighted by Gasteiger charge is -2.27. The standard InChI is InChI=1S/C13H18BrNO3/c1-8-10(14)6-9(11-7-15-4-5-18-11)13(17-3)12(8)16-2/h6,11,15H,4-5,7H2,1-3H3. The average Bonchev–Trinajstić information content (AvgIpc) is 2.42. The highest BCUT2D eigenvalue weighted by Crippen LogP contribution is 2.42. The van der Waals surface area contributed by atoms with Gasteiger partial charge >= 0.3 is 0 Å². The zero-order chi connectivity index (χ0) is 13.1. The van der Waals surface area contributed by atoms with Crippen molar-refractivity contribution in [3.8, 4) is 11.5 Å². The van der Waals surface area contributed by atoms with E-state index in [2.05, 4.69) is 21.2 Å². The van der Waals surface area contributed by atoms with Crippen LogP contribution in [0.5, 0.6) is 11.5 Å². The topological polar surface area (TPSA) is 39.7 Å². The lowest BCUT2D eigenvalue weighted by molar-refractivity contribution is 0.0260. The first-order chi connectivity index (χ1) is 8.69. The molecule has 0 radical (unpaired) electrons. The summed E-state index contributed by atoms with van der Waals surface area (Å²) in [7, 11) is 3.31. The molecule has 0 aromatic heterocycles. The van der Waals surface area contributed by atoms with Crippen LogP contribution in [0.3, 0.4) is 0 Å². The predicted octanol–water partition coefficient (Wildman–Crippen LogP) is 2.44. The summed E-state index contributed by atoms with van der Waals surface area (Å²) in [5.74, 6) is 1.52. The minimum atomic E-state index is -0.000463. The van der Waals surface area contributed by atoms with Crippen LogP contribution in [0.2, 0.25) is 0 Å². The van der Waals surface area contributed by atoms with Gasteiger partial charge in [0.1, 0.15) is 0 Å². The number of halogens is 1. The number of rotatable bonds is 3. The van der Waals surface area contributed by atoms with E-state index < -0.39 is 0 Å². The van der Waals surface area contributed by atoms with Gasteiger partial charge in [0.2, 0.25) is 0 Å². The number of hydrogen-bond acceptors (Lipinski definition) is 4. The molecule has 1 aliphatic rings. The van der Waals surface area contributed by atoms with Gasteiger partial charge in [-0.25, -0.2) is 0 Å². The largest absolute Gasteiger partial charge is 0.493 e. The van der Waals surface area contributed by atoms with Gasteiger partial charge in [0, 0.05) is 28.7 Å². The molecule has 0 amide bonds. The SMILES string of the molecule is COc1c(C2CNCCO2)cc(Br)c(C)c1OC. The third-order valence-corrected chi connectivity index (χ3v) is 3.96. The normalized spacial score (nSPS) is 19.7. The van der Waals surface area contributed by atoms with E-state index in [9.17, 15) is 0 Å². The molecule has 1 aromatic carbocycles. The van der Waals surface area contributed by atoms with E-state index in [0.717, 1.165) is 40.2 Å². The summed E-state index contributed by atoms with van der Waals surface area (Å²) in [5, 5.41) is 3.32. The van der Waals surface area contributed by atoms with Gasteiger partial charge in [0.25, 0.3) is 0 Å². The van der Waals surface area contributed by atoms with Crippen molar-refractivity contribution < 1.29 is 14.2 Å². The van der Waals surface area contributed by atoms with Gasteiger partial charge in [-0.3, -0.25) is 0 Å². The minimum absolute atomic E-state index is 0.000463. The molecule has 1 heterocycles. The van der Waals surface area contributed by atoms with Gasteiger partial charge in [0.05, 0.1) is 26.9 Å². The van der Waals surface area contributed by atoms with Crippen LogP contribution in [0, 0.1) is 6.92 Å². The Kier molecular flexibility index (Phi) is 4.48. The predicted molar refractivity (Wildman–Crippen MR) is 73.5 cm³/mol. The molecule has 5 heteroatoms. The number of morpholine rings is 1. The van der Waals surface area contributed by atoms with Crippen LogP contribution in [-0.4, -0.2) is 33.9 Å². The van der Waals surface area contributed by atoms with Crippen molar-refractivity contribution in [2.45, 2.75) is 13.0 Å². The van der Waals surface area contributed by atoms with Gasteiger partial charge in [0.15, 0.2) is 11.5 Å². The van der Waals surface area contributed by atoms with Crippen LogP contribution in [0.1, 0.15) is 17.2 Å². The fourth-order valence-corrected chi connectivity index (χ4v) is 2.61. The maximum Gasteiger partial charge on any atom is 0.166 e. The third-order valence-electron chi connectivity index (χ3n) is 3.13. The summed E-state index contributed by atoms with van der Waals surface area (Å²) in [4.78, 5) is 0. The van der Waals surface area contributed by atoms with E-state index in [1.54, 1.807) is 14.2 Å². The maximum atomic E-state index is 5.78. The van der Waals surface area contributed by atoms with Crippen molar-refractivity contribution in [2.75, 3.05) is 33.9 Å². The highest BCUT2D eigenvalue weighted by Gasteiger charge is 2.24. The summed E-state index contributed by atoms with van der Waals surface area (Å²) >= 11 is 3.56. The Morgan fingerprint density at radius 3 is 2.61 bits per heavy atom. The quantitative estimate of drug-likeness (QED) is 0.930. The molecule has 2 rings (SSSR count). The lowest BCUT2D eigenvalue weighted by Crippen LogP contribution is -2.33. The molecule has 1 unspecified atom stereocenters. The highest BCUT2D eigenvalue weighted by atomic mass is 79.9. The molecule has 1 aliphatic heterocycles. The summed E-state index contributed by atoms with van der Waals surface area (Å²) in [5.41, 5.74) is 2.04. The molecule has 1 aromatic rings. The monoisotopic (exact) mass is 315 g/mol. The van der Waals surface area contributed by atoms with Crippen molar-refractivity contribution in [3.63, 3.8) is 0 Å². The summed E-state index contributed by atoms with van der Waals surface area (Å²) in [6.45, 7) is 4.38. The molecule has 0 bridgehead atoms. The van der Waals surface area contributed by atoms with E-state index in [-0.39, 0.29) is 6.10 Å². The Morgan fingerprint density at radius 1 is 1.33 bits per heavy atom. The third kappa shape index (κ3) is 2.48. The first-order valence-corrected chi connectivity index (χ1v) is 6.71. The van der Waals surface area contributed by atoms with Gasteiger partial charge in [-0.2, -0.15) is 0 Å². The Hall–Kier alpha value is -0.780. The van der Waals surface area contributed by atoms with Gasteiger partial charge in [-0.05, 0) is 13.0 Å². The van der Waals surface area contributed by atoms with Crippen LogP contribution in [-0.2, 0) is 4.74 Å². The van der Waals surface area contributed by atoms with Crippen molar-refractivity contribution in [1.29, 1.82) is 0 Å². The number of nitrogens with one attached hydrogen (secondary N) is 1. The molecular formula is C13H18BrNO3. The van der Waals surface area contributed by atoms with Gasteiger partial charge in [-0.1, -0.05) is 15.9 Å². The van der Waals surface area contributed by atoms with Crippen LogP contribution in [0.4, 0.5) is 0 Å². The Morgan fingerprint density at radius 2 is 2.06 bits per heavy atom. The van der Waals surface area contributed by atoms with E-state index in [4.69, 9.17) is 14.2 Å². The number of benzene rings is 1. The maximum absolute atomic E-state index is 5.78. The van der Waals surface area contributed by atoms with E-state index in [1.165, 1.54) is 0 Å². The summed E-state index contributed by atoms with van der Waals surface area (Å²) < 4.78 is 17.7. The summed E-state index contributed by atoms with van der Waals surface area (Å²) in [6.07, 6.45) is -0.000463. The first-order valence-electron chi connectivity index (χ1n) is 5.92. The molecule has 1 atom stereocenters. The molecule has 4 nitrogen and oxygen atoms in total. The fourth-order valence-electron chi connectivity index (χ4n) is 2.18. The summed E-state index contributed by atoms with van der Waals surface area (Å²) in [6, 6.07) is 2.05. The zero-order valence-corrected chi connectivity index (χ0v) is 12.5. The second-order valence-corrected chi connectivity index (χ2v) is 5.06. The second kappa shape index (κ2) is 5.91. The zero-order valence-electron chi connectivity index (χ0n) is 10.9. The number of ether oxygens (including phenoxy) is 3. The van der Waals surface area contributed by atoms with E-state index >= 15 is 0 Å². The van der Waals surface area contributed by atoms with E-state index in [0.29, 0.717) is 6.61 Å². The average molecular weight is 316 g/mol. The van der Waals surface area contributed by atoms with Crippen LogP contribution in [0.25, 0.3) is 0 Å².